The molecular weight excluding hydrogens is 272 g/mol. The number of benzene rings is 1. The van der Waals surface area contributed by atoms with Crippen molar-refractivity contribution in [1.82, 2.24) is 0 Å². The minimum Gasteiger partial charge on any atom is -0.493 e. The van der Waals surface area contributed by atoms with Crippen LogP contribution in [0.3, 0.4) is 0 Å². The molecule has 0 heterocycles. The Morgan fingerprint density at radius 2 is 1.80 bits per heavy atom. The van der Waals surface area contributed by atoms with Gasteiger partial charge in [0, 0.05) is 17.9 Å². The molecule has 20 heavy (non-hydrogen) atoms. The quantitative estimate of drug-likeness (QED) is 0.361. The van der Waals surface area contributed by atoms with Crippen molar-refractivity contribution < 1.29 is 9.53 Å². The molecule has 1 aromatic rings. The van der Waals surface area contributed by atoms with Crippen molar-refractivity contribution in [2.45, 2.75) is 52.9 Å². The number of Topliss-reactive ketones (excluding diaryl/α,β-unsaturated/α-hetero) is 1. The predicted octanol–water partition coefficient (Wildman–Crippen LogP) is 5.07. The van der Waals surface area contributed by atoms with Crippen molar-refractivity contribution in [3.63, 3.8) is 0 Å². The van der Waals surface area contributed by atoms with E-state index in [9.17, 15) is 4.79 Å². The molecule has 0 radical (unpaired) electrons. The second-order valence-electron chi connectivity index (χ2n) is 5.21. The molecule has 1 rings (SSSR count). The van der Waals surface area contributed by atoms with Crippen LogP contribution in [-0.2, 0) is 0 Å². The van der Waals surface area contributed by atoms with Crippen molar-refractivity contribution in [1.29, 1.82) is 0 Å². The van der Waals surface area contributed by atoms with Gasteiger partial charge in [-0.3, -0.25) is 4.79 Å². The van der Waals surface area contributed by atoms with Crippen LogP contribution in [0.4, 0.5) is 0 Å². The molecule has 2 nitrogen and oxygen atoms in total. The summed E-state index contributed by atoms with van der Waals surface area (Å²) in [5.41, 5.74) is 2.79. The van der Waals surface area contributed by atoms with Gasteiger partial charge in [0.05, 0.1) is 6.61 Å². The first-order chi connectivity index (χ1) is 9.60. The van der Waals surface area contributed by atoms with Gasteiger partial charge in [-0.25, -0.2) is 0 Å². The van der Waals surface area contributed by atoms with E-state index in [1.165, 1.54) is 19.3 Å². The fourth-order valence-corrected chi connectivity index (χ4v) is 2.44. The van der Waals surface area contributed by atoms with Crippen molar-refractivity contribution in [3.8, 4) is 5.75 Å². The van der Waals surface area contributed by atoms with E-state index in [1.54, 1.807) is 0 Å². The molecule has 0 aromatic heterocycles. The van der Waals surface area contributed by atoms with Crippen LogP contribution >= 0.6 is 11.6 Å². The van der Waals surface area contributed by atoms with Crippen LogP contribution in [0.2, 0.25) is 0 Å². The van der Waals surface area contributed by atoms with Crippen molar-refractivity contribution >= 4 is 17.4 Å². The molecular formula is C17H25ClO2. The molecule has 0 bridgehead atoms. The summed E-state index contributed by atoms with van der Waals surface area (Å²) in [6.45, 7) is 6.93. The smallest absolute Gasteiger partial charge is 0.164 e. The van der Waals surface area contributed by atoms with E-state index in [4.69, 9.17) is 16.3 Å². The maximum atomic E-state index is 11.9. The molecule has 0 saturated heterocycles. The van der Waals surface area contributed by atoms with E-state index in [0.29, 0.717) is 12.3 Å². The van der Waals surface area contributed by atoms with Gasteiger partial charge in [0.1, 0.15) is 5.75 Å². The fourth-order valence-electron chi connectivity index (χ4n) is 2.27. The highest BCUT2D eigenvalue weighted by molar-refractivity contribution is 6.19. The van der Waals surface area contributed by atoms with E-state index in [2.05, 4.69) is 6.92 Å². The van der Waals surface area contributed by atoms with E-state index >= 15 is 0 Å². The number of rotatable bonds is 9. The first-order valence-electron chi connectivity index (χ1n) is 7.43. The zero-order chi connectivity index (χ0) is 15.0. The van der Waals surface area contributed by atoms with Crippen LogP contribution in [0.1, 0.15) is 60.5 Å². The number of hydrogen-bond donors (Lipinski definition) is 0. The number of carbonyl (C=O) groups excluding carboxylic acids is 1. The molecule has 0 atom stereocenters. The Balaban J connectivity index is 2.67. The van der Waals surface area contributed by atoms with Gasteiger partial charge >= 0.3 is 0 Å². The molecule has 0 amide bonds. The SMILES string of the molecule is CCCCCCOc1c(C)cc(C(=O)CCCl)cc1C. The predicted molar refractivity (Wildman–Crippen MR) is 85.2 cm³/mol. The number of unbranched alkanes of at least 4 members (excludes halogenated alkanes) is 3. The molecule has 0 unspecified atom stereocenters. The molecule has 0 N–H and O–H groups in total. The highest BCUT2D eigenvalue weighted by Crippen LogP contribution is 2.25. The first kappa shape index (κ1) is 17.0. The lowest BCUT2D eigenvalue weighted by Gasteiger charge is -2.13. The summed E-state index contributed by atoms with van der Waals surface area (Å²) in [6, 6.07) is 3.81. The molecule has 0 fully saturated rings. The standard InChI is InChI=1S/C17H25ClO2/c1-4-5-6-7-10-20-17-13(2)11-15(12-14(17)3)16(19)8-9-18/h11-12H,4-10H2,1-3H3. The van der Waals surface area contributed by atoms with Crippen LogP contribution in [0.15, 0.2) is 12.1 Å². The second-order valence-corrected chi connectivity index (χ2v) is 5.59. The highest BCUT2D eigenvalue weighted by Gasteiger charge is 2.11. The van der Waals surface area contributed by atoms with Gasteiger partial charge in [0.2, 0.25) is 0 Å². The van der Waals surface area contributed by atoms with Gasteiger partial charge < -0.3 is 4.74 Å². The first-order valence-corrected chi connectivity index (χ1v) is 7.96. The zero-order valence-corrected chi connectivity index (χ0v) is 13.6. The Bertz CT molecular complexity index is 418. The Labute approximate surface area is 127 Å². The Morgan fingerprint density at radius 1 is 1.15 bits per heavy atom. The summed E-state index contributed by atoms with van der Waals surface area (Å²) in [7, 11) is 0. The van der Waals surface area contributed by atoms with Crippen LogP contribution in [0.5, 0.6) is 5.75 Å². The van der Waals surface area contributed by atoms with Crippen LogP contribution < -0.4 is 4.74 Å². The van der Waals surface area contributed by atoms with Gasteiger partial charge in [-0.05, 0) is 43.5 Å². The number of ether oxygens (including phenoxy) is 1. The Hall–Kier alpha value is -1.02. The number of halogens is 1. The average Bonchev–Trinajstić information content (AvgIpc) is 2.41. The zero-order valence-electron chi connectivity index (χ0n) is 12.8. The third-order valence-electron chi connectivity index (χ3n) is 3.35. The van der Waals surface area contributed by atoms with Crippen LogP contribution in [-0.4, -0.2) is 18.3 Å². The van der Waals surface area contributed by atoms with Crippen molar-refractivity contribution in [3.05, 3.63) is 28.8 Å². The van der Waals surface area contributed by atoms with E-state index in [1.807, 2.05) is 26.0 Å². The molecule has 1 aromatic carbocycles. The summed E-state index contributed by atoms with van der Waals surface area (Å²) >= 11 is 5.62. The van der Waals surface area contributed by atoms with E-state index in [-0.39, 0.29) is 5.78 Å². The van der Waals surface area contributed by atoms with Crippen LogP contribution in [0, 0.1) is 13.8 Å². The van der Waals surface area contributed by atoms with E-state index < -0.39 is 0 Å². The van der Waals surface area contributed by atoms with Gasteiger partial charge in [0.25, 0.3) is 0 Å². The summed E-state index contributed by atoms with van der Waals surface area (Å²) in [4.78, 5) is 11.9. The summed E-state index contributed by atoms with van der Waals surface area (Å²) in [5, 5.41) is 0. The topological polar surface area (TPSA) is 26.3 Å². The lowest BCUT2D eigenvalue weighted by atomic mass is 10.0. The van der Waals surface area contributed by atoms with Gasteiger partial charge in [-0.15, -0.1) is 11.6 Å². The second kappa shape index (κ2) is 9.02. The van der Waals surface area contributed by atoms with Gasteiger partial charge in [-0.2, -0.15) is 0 Å². The number of aryl methyl sites for hydroxylation is 2. The average molecular weight is 297 g/mol. The van der Waals surface area contributed by atoms with Gasteiger partial charge in [-0.1, -0.05) is 26.2 Å². The lowest BCUT2D eigenvalue weighted by Crippen LogP contribution is -2.05. The normalized spacial score (nSPS) is 10.6. The minimum absolute atomic E-state index is 0.0979. The number of alkyl halides is 1. The van der Waals surface area contributed by atoms with Crippen molar-refractivity contribution in [2.75, 3.05) is 12.5 Å². The largest absolute Gasteiger partial charge is 0.493 e. The fraction of sp³-hybridized carbons (Fsp3) is 0.588. The number of carbonyl (C=O) groups is 1. The van der Waals surface area contributed by atoms with E-state index in [0.717, 1.165) is 35.5 Å². The molecule has 0 saturated carbocycles. The lowest BCUT2D eigenvalue weighted by molar-refractivity contribution is 0.0989. The maximum Gasteiger partial charge on any atom is 0.164 e. The summed E-state index contributed by atoms with van der Waals surface area (Å²) < 4.78 is 5.87. The Kier molecular flexibility index (Phi) is 7.68. The van der Waals surface area contributed by atoms with Crippen LogP contribution in [0.25, 0.3) is 0 Å². The van der Waals surface area contributed by atoms with Crippen molar-refractivity contribution in [2.24, 2.45) is 0 Å². The number of ketones is 1. The molecule has 0 spiro atoms. The number of hydrogen-bond acceptors (Lipinski definition) is 2. The van der Waals surface area contributed by atoms with Gasteiger partial charge in [0.15, 0.2) is 5.78 Å². The summed E-state index contributed by atoms with van der Waals surface area (Å²) in [5.74, 6) is 1.39. The third-order valence-corrected chi connectivity index (χ3v) is 3.54. The monoisotopic (exact) mass is 296 g/mol. The Morgan fingerprint density at radius 3 is 2.35 bits per heavy atom. The molecule has 0 aliphatic heterocycles. The highest BCUT2D eigenvalue weighted by atomic mass is 35.5. The third kappa shape index (κ3) is 5.16. The molecule has 112 valence electrons. The molecule has 3 heteroatoms. The molecule has 0 aliphatic carbocycles. The molecule has 0 aliphatic rings. The minimum atomic E-state index is 0.0979. The summed E-state index contributed by atoms with van der Waals surface area (Å²) in [6.07, 6.45) is 5.17. The maximum absolute atomic E-state index is 11.9.